The highest BCUT2D eigenvalue weighted by atomic mass is 16.3. The molecule has 0 bridgehead atoms. The van der Waals surface area contributed by atoms with Gasteiger partial charge < -0.3 is 4.42 Å². The third-order valence-electron chi connectivity index (χ3n) is 3.14. The first-order valence-corrected chi connectivity index (χ1v) is 6.13. The van der Waals surface area contributed by atoms with E-state index in [1.165, 1.54) is 12.8 Å². The zero-order valence-corrected chi connectivity index (χ0v) is 9.79. The lowest BCUT2D eigenvalue weighted by Crippen LogP contribution is -2.04. The Morgan fingerprint density at radius 1 is 1.38 bits per heavy atom. The summed E-state index contributed by atoms with van der Waals surface area (Å²) in [7, 11) is 0. The molecular weight excluding hydrogens is 200 g/mol. The smallest absolute Gasteiger partial charge is 0.192 e. The van der Waals surface area contributed by atoms with Crippen molar-refractivity contribution in [2.24, 2.45) is 0 Å². The van der Waals surface area contributed by atoms with Crippen LogP contribution in [0.3, 0.4) is 0 Å². The molecule has 1 aromatic rings. The molecule has 2 rings (SSSR count). The Labute approximate surface area is 96.3 Å². The fraction of sp³-hybridized carbons (Fsp3) is 0.500. The molecule has 1 aromatic heterocycles. The van der Waals surface area contributed by atoms with Crippen molar-refractivity contribution >= 4 is 5.78 Å². The van der Waals surface area contributed by atoms with Crippen molar-refractivity contribution in [1.29, 1.82) is 0 Å². The van der Waals surface area contributed by atoms with E-state index in [2.05, 4.69) is 6.08 Å². The van der Waals surface area contributed by atoms with Gasteiger partial charge in [0.25, 0.3) is 0 Å². The van der Waals surface area contributed by atoms with Crippen molar-refractivity contribution in [3.63, 3.8) is 0 Å². The monoisotopic (exact) mass is 218 g/mol. The zero-order valence-electron chi connectivity index (χ0n) is 9.79. The number of aryl methyl sites for hydroxylation is 1. The average Bonchev–Trinajstić information content (AvgIpc) is 2.61. The lowest BCUT2D eigenvalue weighted by Gasteiger charge is -2.03. The maximum Gasteiger partial charge on any atom is 0.192 e. The SMILES string of the molecule is CCc1occc1C(=O)C1=CCCCCC1. The second kappa shape index (κ2) is 5.15. The Bertz CT molecular complexity index is 399. The third-order valence-corrected chi connectivity index (χ3v) is 3.14. The summed E-state index contributed by atoms with van der Waals surface area (Å²) in [6.45, 7) is 2.01. The van der Waals surface area contributed by atoms with E-state index in [-0.39, 0.29) is 5.78 Å². The molecule has 0 aliphatic heterocycles. The van der Waals surface area contributed by atoms with Crippen molar-refractivity contribution in [2.45, 2.75) is 45.4 Å². The minimum absolute atomic E-state index is 0.174. The fourth-order valence-electron chi connectivity index (χ4n) is 2.21. The van der Waals surface area contributed by atoms with Gasteiger partial charge in [-0.05, 0) is 37.3 Å². The molecule has 1 aliphatic carbocycles. The number of hydrogen-bond acceptors (Lipinski definition) is 2. The van der Waals surface area contributed by atoms with Crippen LogP contribution in [0.1, 0.15) is 55.1 Å². The number of ketones is 1. The molecule has 2 heteroatoms. The van der Waals surface area contributed by atoms with E-state index in [9.17, 15) is 4.79 Å². The Morgan fingerprint density at radius 2 is 2.25 bits per heavy atom. The predicted octanol–water partition coefficient (Wildman–Crippen LogP) is 3.92. The number of Topliss-reactive ketones (excluding diaryl/α,β-unsaturated/α-hetero) is 1. The average molecular weight is 218 g/mol. The molecule has 0 amide bonds. The largest absolute Gasteiger partial charge is 0.469 e. The number of rotatable bonds is 3. The van der Waals surface area contributed by atoms with Gasteiger partial charge in [-0.2, -0.15) is 0 Å². The van der Waals surface area contributed by atoms with Crippen molar-refractivity contribution in [3.8, 4) is 0 Å². The highest BCUT2D eigenvalue weighted by molar-refractivity contribution is 6.09. The lowest BCUT2D eigenvalue weighted by atomic mass is 9.99. The molecule has 0 spiro atoms. The molecular formula is C14H18O2. The molecule has 0 fully saturated rings. The third kappa shape index (κ3) is 2.26. The van der Waals surface area contributed by atoms with Crippen LogP contribution in [-0.2, 0) is 6.42 Å². The van der Waals surface area contributed by atoms with Crippen LogP contribution in [0.2, 0.25) is 0 Å². The van der Waals surface area contributed by atoms with Crippen LogP contribution in [0.4, 0.5) is 0 Å². The van der Waals surface area contributed by atoms with Gasteiger partial charge >= 0.3 is 0 Å². The Balaban J connectivity index is 2.21. The van der Waals surface area contributed by atoms with Crippen LogP contribution in [0, 0.1) is 0 Å². The molecule has 0 radical (unpaired) electrons. The summed E-state index contributed by atoms with van der Waals surface area (Å²) in [5.41, 5.74) is 1.74. The Morgan fingerprint density at radius 3 is 3.06 bits per heavy atom. The van der Waals surface area contributed by atoms with E-state index in [4.69, 9.17) is 4.42 Å². The molecule has 0 aromatic carbocycles. The van der Waals surface area contributed by atoms with Gasteiger partial charge in [0.15, 0.2) is 5.78 Å². The number of furan rings is 1. The van der Waals surface area contributed by atoms with E-state index in [0.717, 1.165) is 42.6 Å². The van der Waals surface area contributed by atoms with Crippen molar-refractivity contribution < 1.29 is 9.21 Å². The fourth-order valence-corrected chi connectivity index (χ4v) is 2.21. The van der Waals surface area contributed by atoms with Crippen molar-refractivity contribution in [2.75, 3.05) is 0 Å². The maximum absolute atomic E-state index is 12.3. The second-order valence-electron chi connectivity index (χ2n) is 4.27. The molecule has 2 nitrogen and oxygen atoms in total. The van der Waals surface area contributed by atoms with Crippen LogP contribution in [0.5, 0.6) is 0 Å². The minimum Gasteiger partial charge on any atom is -0.469 e. The summed E-state index contributed by atoms with van der Waals surface area (Å²) in [5.74, 6) is 0.989. The molecule has 86 valence electrons. The first-order chi connectivity index (χ1) is 7.83. The highest BCUT2D eigenvalue weighted by Crippen LogP contribution is 2.23. The van der Waals surface area contributed by atoms with Crippen molar-refractivity contribution in [3.05, 3.63) is 35.3 Å². The highest BCUT2D eigenvalue weighted by Gasteiger charge is 2.18. The Kier molecular flexibility index (Phi) is 3.60. The number of carbonyl (C=O) groups is 1. The van der Waals surface area contributed by atoms with Crippen LogP contribution in [-0.4, -0.2) is 5.78 Å². The summed E-state index contributed by atoms with van der Waals surface area (Å²) in [6.07, 6.45) is 10.1. The topological polar surface area (TPSA) is 30.2 Å². The number of hydrogen-bond donors (Lipinski definition) is 0. The van der Waals surface area contributed by atoms with Crippen LogP contribution >= 0.6 is 0 Å². The number of allylic oxidation sites excluding steroid dienone is 2. The first kappa shape index (κ1) is 11.2. The minimum atomic E-state index is 0.174. The van der Waals surface area contributed by atoms with Gasteiger partial charge in [0, 0.05) is 6.42 Å². The predicted molar refractivity (Wildman–Crippen MR) is 63.6 cm³/mol. The van der Waals surface area contributed by atoms with Gasteiger partial charge in [-0.1, -0.05) is 19.4 Å². The van der Waals surface area contributed by atoms with Gasteiger partial charge in [-0.15, -0.1) is 0 Å². The second-order valence-corrected chi connectivity index (χ2v) is 4.27. The van der Waals surface area contributed by atoms with Crippen LogP contribution < -0.4 is 0 Å². The van der Waals surface area contributed by atoms with Gasteiger partial charge in [0.1, 0.15) is 5.76 Å². The molecule has 16 heavy (non-hydrogen) atoms. The van der Waals surface area contributed by atoms with Gasteiger partial charge in [0.05, 0.1) is 11.8 Å². The molecule has 0 saturated heterocycles. The lowest BCUT2D eigenvalue weighted by molar-refractivity contribution is 0.102. The molecule has 0 N–H and O–H groups in total. The van der Waals surface area contributed by atoms with E-state index in [1.54, 1.807) is 12.3 Å². The summed E-state index contributed by atoms with van der Waals surface area (Å²) >= 11 is 0. The zero-order chi connectivity index (χ0) is 11.4. The van der Waals surface area contributed by atoms with E-state index >= 15 is 0 Å². The molecule has 1 aliphatic rings. The van der Waals surface area contributed by atoms with Crippen LogP contribution in [0.15, 0.2) is 28.4 Å². The quantitative estimate of drug-likeness (QED) is 0.720. The summed E-state index contributed by atoms with van der Waals surface area (Å²) < 4.78 is 5.31. The van der Waals surface area contributed by atoms with E-state index in [0.29, 0.717) is 0 Å². The van der Waals surface area contributed by atoms with Crippen molar-refractivity contribution in [1.82, 2.24) is 0 Å². The molecule has 0 saturated carbocycles. The van der Waals surface area contributed by atoms with Gasteiger partial charge in [-0.3, -0.25) is 4.79 Å². The summed E-state index contributed by atoms with van der Waals surface area (Å²) in [4.78, 5) is 12.3. The van der Waals surface area contributed by atoms with Gasteiger partial charge in [0.2, 0.25) is 0 Å². The summed E-state index contributed by atoms with van der Waals surface area (Å²) in [6, 6.07) is 1.80. The normalized spacial score (nSPS) is 16.7. The molecule has 0 unspecified atom stereocenters. The van der Waals surface area contributed by atoms with Gasteiger partial charge in [-0.25, -0.2) is 0 Å². The first-order valence-electron chi connectivity index (χ1n) is 6.13. The maximum atomic E-state index is 12.3. The van der Waals surface area contributed by atoms with E-state index in [1.807, 2.05) is 6.92 Å². The molecule has 0 atom stereocenters. The summed E-state index contributed by atoms with van der Waals surface area (Å²) in [5, 5.41) is 0. The van der Waals surface area contributed by atoms with Crippen LogP contribution in [0.25, 0.3) is 0 Å². The molecule has 1 heterocycles. The number of carbonyl (C=O) groups excluding carboxylic acids is 1. The Hall–Kier alpha value is -1.31. The van der Waals surface area contributed by atoms with E-state index < -0.39 is 0 Å². The standard InChI is InChI=1S/C14H18O2/c1-2-13-12(9-10-16-13)14(15)11-7-5-3-4-6-8-11/h7,9-10H,2-6,8H2,1H3.